The predicted molar refractivity (Wildman–Crippen MR) is 125 cm³/mol. The summed E-state index contributed by atoms with van der Waals surface area (Å²) in [6, 6.07) is 10.0. The van der Waals surface area contributed by atoms with Crippen molar-refractivity contribution in [3.8, 4) is 0 Å². The van der Waals surface area contributed by atoms with Crippen LogP contribution in [0.2, 0.25) is 0 Å². The first-order valence-electron chi connectivity index (χ1n) is 11.9. The molecule has 2 rings (SSSR count). The molecule has 0 radical (unpaired) electrons. The van der Waals surface area contributed by atoms with Crippen LogP contribution >= 0.6 is 0 Å². The number of ether oxygens (including phenoxy) is 5. The molecule has 0 amide bonds. The van der Waals surface area contributed by atoms with E-state index in [0.29, 0.717) is 19.3 Å². The van der Waals surface area contributed by atoms with Gasteiger partial charge in [-0.05, 0) is 43.6 Å². The first kappa shape index (κ1) is 28.3. The topological polar surface area (TPSA) is 114 Å². The molecule has 9 heteroatoms. The van der Waals surface area contributed by atoms with Crippen LogP contribution in [-0.2, 0) is 49.3 Å². The van der Waals surface area contributed by atoms with E-state index in [4.69, 9.17) is 23.7 Å². The number of benzene rings is 1. The van der Waals surface area contributed by atoms with Gasteiger partial charge in [-0.3, -0.25) is 19.2 Å². The maximum absolute atomic E-state index is 11.9. The van der Waals surface area contributed by atoms with E-state index < -0.39 is 42.5 Å². The molecule has 0 aromatic heterocycles. The van der Waals surface area contributed by atoms with E-state index >= 15 is 0 Å². The minimum absolute atomic E-state index is 0.0828. The zero-order valence-corrected chi connectivity index (χ0v) is 21.1. The summed E-state index contributed by atoms with van der Waals surface area (Å²) in [5.41, 5.74) is 1.18. The fourth-order valence-corrected chi connectivity index (χ4v) is 4.32. The smallest absolute Gasteiger partial charge is 0.308 e. The van der Waals surface area contributed by atoms with Crippen LogP contribution in [0.4, 0.5) is 0 Å². The zero-order chi connectivity index (χ0) is 26.0. The fraction of sp³-hybridized carbons (Fsp3) is 0.615. The molecule has 9 nitrogen and oxygen atoms in total. The Morgan fingerprint density at radius 1 is 0.857 bits per heavy atom. The van der Waals surface area contributed by atoms with Crippen LogP contribution in [-0.4, -0.2) is 55.6 Å². The molecule has 2 unspecified atom stereocenters. The molecule has 6 atom stereocenters. The second kappa shape index (κ2) is 13.8. The molecule has 194 valence electrons. The lowest BCUT2D eigenvalue weighted by Gasteiger charge is -2.26. The Morgan fingerprint density at radius 3 is 2.03 bits per heavy atom. The first-order valence-corrected chi connectivity index (χ1v) is 11.9. The van der Waals surface area contributed by atoms with Gasteiger partial charge in [0.2, 0.25) is 12.4 Å². The van der Waals surface area contributed by atoms with Gasteiger partial charge in [0.15, 0.2) is 6.10 Å². The number of carbonyl (C=O) groups is 4. The van der Waals surface area contributed by atoms with Gasteiger partial charge in [-0.2, -0.15) is 0 Å². The Kier molecular flexibility index (Phi) is 11.2. The lowest BCUT2D eigenvalue weighted by atomic mass is 9.86. The largest absolute Gasteiger partial charge is 0.469 e. The van der Waals surface area contributed by atoms with Crippen molar-refractivity contribution in [3.05, 3.63) is 35.9 Å². The van der Waals surface area contributed by atoms with Crippen molar-refractivity contribution in [2.45, 2.75) is 84.4 Å². The molecule has 0 aliphatic carbocycles. The highest BCUT2D eigenvalue weighted by atomic mass is 16.7. The van der Waals surface area contributed by atoms with Crippen molar-refractivity contribution in [1.82, 2.24) is 0 Å². The van der Waals surface area contributed by atoms with Gasteiger partial charge in [0.25, 0.3) is 0 Å². The van der Waals surface area contributed by atoms with E-state index in [-0.39, 0.29) is 17.8 Å². The lowest BCUT2D eigenvalue weighted by molar-refractivity contribution is -0.195. The number of rotatable bonds is 12. The van der Waals surface area contributed by atoms with Gasteiger partial charge in [0.1, 0.15) is 6.10 Å². The van der Waals surface area contributed by atoms with Gasteiger partial charge in [0.05, 0.1) is 13.0 Å². The van der Waals surface area contributed by atoms with Crippen molar-refractivity contribution in [2.75, 3.05) is 7.11 Å². The Balaban J connectivity index is 2.22. The Morgan fingerprint density at radius 2 is 1.46 bits per heavy atom. The number of hydrogen-bond acceptors (Lipinski definition) is 9. The minimum atomic E-state index is -1.19. The third-order valence-electron chi connectivity index (χ3n) is 6.01. The molecule has 1 fully saturated rings. The maximum atomic E-state index is 11.9. The highest BCUT2D eigenvalue weighted by Crippen LogP contribution is 2.34. The molecule has 1 heterocycles. The van der Waals surface area contributed by atoms with Crippen molar-refractivity contribution >= 4 is 23.9 Å². The van der Waals surface area contributed by atoms with Gasteiger partial charge in [0, 0.05) is 20.8 Å². The summed E-state index contributed by atoms with van der Waals surface area (Å²) in [5, 5.41) is 0. The molecule has 1 saturated heterocycles. The molecule has 35 heavy (non-hydrogen) atoms. The van der Waals surface area contributed by atoms with E-state index in [1.54, 1.807) is 0 Å². The van der Waals surface area contributed by atoms with Gasteiger partial charge in [-0.25, -0.2) is 0 Å². The molecule has 1 aliphatic heterocycles. The van der Waals surface area contributed by atoms with E-state index in [1.807, 2.05) is 25.1 Å². The van der Waals surface area contributed by atoms with Gasteiger partial charge in [-0.1, -0.05) is 37.3 Å². The molecule has 0 N–H and O–H groups in total. The average molecular weight is 493 g/mol. The van der Waals surface area contributed by atoms with Crippen LogP contribution in [0.25, 0.3) is 0 Å². The third-order valence-corrected chi connectivity index (χ3v) is 6.01. The zero-order valence-electron chi connectivity index (χ0n) is 21.1. The highest BCUT2D eigenvalue weighted by molar-refractivity contribution is 5.71. The molecule has 0 spiro atoms. The van der Waals surface area contributed by atoms with E-state index in [9.17, 15) is 19.2 Å². The second-order valence-corrected chi connectivity index (χ2v) is 8.93. The number of aryl methyl sites for hydroxylation is 1. The summed E-state index contributed by atoms with van der Waals surface area (Å²) in [4.78, 5) is 47.1. The highest BCUT2D eigenvalue weighted by Gasteiger charge is 2.51. The molecule has 0 bridgehead atoms. The van der Waals surface area contributed by atoms with Crippen LogP contribution < -0.4 is 0 Å². The summed E-state index contributed by atoms with van der Waals surface area (Å²) in [7, 11) is 1.37. The summed E-state index contributed by atoms with van der Waals surface area (Å²) >= 11 is 0. The summed E-state index contributed by atoms with van der Waals surface area (Å²) in [5.74, 6) is -2.24. The van der Waals surface area contributed by atoms with Crippen LogP contribution in [0.5, 0.6) is 0 Å². The number of methoxy groups -OCH3 is 1. The number of esters is 4. The van der Waals surface area contributed by atoms with Crippen molar-refractivity contribution in [3.63, 3.8) is 0 Å². The third kappa shape index (κ3) is 9.32. The second-order valence-electron chi connectivity index (χ2n) is 8.93. The Hall–Kier alpha value is -2.94. The van der Waals surface area contributed by atoms with Crippen molar-refractivity contribution < 1.29 is 42.9 Å². The lowest BCUT2D eigenvalue weighted by Crippen LogP contribution is -2.41. The standard InChI is InChI=1S/C26H36O9/c1-16(25(30)31-5)11-12-21(14-13-20-9-7-6-8-10-20)15-22-23(32-17(2)27)24(33-18(3)28)26(35-22)34-19(4)29/h6-10,16,21-24,26H,11-15H2,1-5H3/t16-,21+,22+,23-,24?,26?/m0/s1. The summed E-state index contributed by atoms with van der Waals surface area (Å²) in [6.07, 6.45) is -0.494. The molecule has 1 aromatic carbocycles. The monoisotopic (exact) mass is 492 g/mol. The van der Waals surface area contributed by atoms with Gasteiger partial charge >= 0.3 is 23.9 Å². The molecule has 1 aromatic rings. The first-order chi connectivity index (χ1) is 16.6. The van der Waals surface area contributed by atoms with Gasteiger partial charge in [-0.15, -0.1) is 0 Å². The average Bonchev–Trinajstić information content (AvgIpc) is 3.09. The number of hydrogen-bond donors (Lipinski definition) is 0. The van der Waals surface area contributed by atoms with Crippen LogP contribution in [0.15, 0.2) is 30.3 Å². The number of carbonyl (C=O) groups excluding carboxylic acids is 4. The Bertz CT molecular complexity index is 854. The molecular weight excluding hydrogens is 456 g/mol. The Labute approximate surface area is 206 Å². The quantitative estimate of drug-likeness (QED) is 0.320. The normalized spacial score (nSPS) is 23.1. The maximum Gasteiger partial charge on any atom is 0.308 e. The summed E-state index contributed by atoms with van der Waals surface area (Å²) < 4.78 is 26.9. The SMILES string of the molecule is COC(=O)[C@@H](C)CC[C@H](CCc1ccccc1)C[C@H]1OC(OC(C)=O)C(OC(C)=O)[C@H]1OC(C)=O. The fourth-order valence-electron chi connectivity index (χ4n) is 4.32. The van der Waals surface area contributed by atoms with E-state index in [2.05, 4.69) is 12.1 Å². The summed E-state index contributed by atoms with van der Waals surface area (Å²) in [6.45, 7) is 5.52. The van der Waals surface area contributed by atoms with Crippen LogP contribution in [0.1, 0.15) is 58.9 Å². The van der Waals surface area contributed by atoms with Crippen molar-refractivity contribution in [2.24, 2.45) is 11.8 Å². The molecule has 0 saturated carbocycles. The minimum Gasteiger partial charge on any atom is -0.469 e. The molecular formula is C26H36O9. The van der Waals surface area contributed by atoms with Gasteiger partial charge < -0.3 is 23.7 Å². The van der Waals surface area contributed by atoms with Crippen molar-refractivity contribution in [1.29, 1.82) is 0 Å². The van der Waals surface area contributed by atoms with E-state index in [0.717, 1.165) is 12.8 Å². The van der Waals surface area contributed by atoms with Crippen LogP contribution in [0.3, 0.4) is 0 Å². The van der Waals surface area contributed by atoms with Crippen LogP contribution in [0, 0.1) is 11.8 Å². The molecule has 1 aliphatic rings. The van der Waals surface area contributed by atoms with E-state index in [1.165, 1.54) is 33.4 Å². The predicted octanol–water partition coefficient (Wildman–Crippen LogP) is 3.37.